The third-order valence-electron chi connectivity index (χ3n) is 6.16. The zero-order chi connectivity index (χ0) is 19.3. The number of thiophene rings is 1. The van der Waals surface area contributed by atoms with Crippen LogP contribution in [0.15, 0.2) is 0 Å². The number of hydrogen-bond acceptors (Lipinski definition) is 5. The fraction of sp³-hybridized carbons (Fsp3) is 0.650. The number of carbonyl (C=O) groups is 1. The first-order valence-corrected chi connectivity index (χ1v) is 10.9. The van der Waals surface area contributed by atoms with Crippen molar-refractivity contribution >= 4 is 44.9 Å². The Labute approximate surface area is 168 Å². The topological polar surface area (TPSA) is 66.3 Å². The maximum Gasteiger partial charge on any atom is 0.308 e. The van der Waals surface area contributed by atoms with E-state index in [-0.39, 0.29) is 11.2 Å². The van der Waals surface area contributed by atoms with Gasteiger partial charge in [-0.15, -0.1) is 11.3 Å². The molecule has 2 aromatic heterocycles. The van der Waals surface area contributed by atoms with Gasteiger partial charge in [-0.2, -0.15) is 4.98 Å². The first-order chi connectivity index (χ1) is 12.7. The Kier molecular flexibility index (Phi) is 4.83. The fourth-order valence-electron chi connectivity index (χ4n) is 4.47. The highest BCUT2D eigenvalue weighted by Crippen LogP contribution is 2.45. The molecule has 4 rings (SSSR count). The Balaban J connectivity index is 1.76. The van der Waals surface area contributed by atoms with Gasteiger partial charge in [0.2, 0.25) is 5.28 Å². The van der Waals surface area contributed by atoms with Gasteiger partial charge in [-0.25, -0.2) is 4.98 Å². The lowest BCUT2D eigenvalue weighted by atomic mass is 9.72. The summed E-state index contributed by atoms with van der Waals surface area (Å²) in [6.45, 7) is 8.27. The molecule has 0 amide bonds. The van der Waals surface area contributed by atoms with Crippen molar-refractivity contribution in [3.8, 4) is 0 Å². The minimum Gasteiger partial charge on any atom is -0.481 e. The fourth-order valence-corrected chi connectivity index (χ4v) is 5.98. The third-order valence-corrected chi connectivity index (χ3v) is 7.47. The van der Waals surface area contributed by atoms with Gasteiger partial charge in [-0.05, 0) is 60.6 Å². The second kappa shape index (κ2) is 6.89. The molecule has 1 fully saturated rings. The summed E-state index contributed by atoms with van der Waals surface area (Å²) >= 11 is 7.99. The average Bonchev–Trinajstić information content (AvgIpc) is 2.97. The molecule has 0 saturated carbocycles. The maximum atomic E-state index is 11.5. The van der Waals surface area contributed by atoms with Crippen LogP contribution in [0.3, 0.4) is 0 Å². The number of piperidine rings is 1. The Morgan fingerprint density at radius 2 is 2.07 bits per heavy atom. The second-order valence-electron chi connectivity index (χ2n) is 8.93. The summed E-state index contributed by atoms with van der Waals surface area (Å²) in [4.78, 5) is 25.0. The quantitative estimate of drug-likeness (QED) is 0.724. The molecule has 2 unspecified atom stereocenters. The number of anilines is 1. The predicted octanol–water partition coefficient (Wildman–Crippen LogP) is 4.80. The molecule has 1 aliphatic carbocycles. The standard InChI is InChI=1S/C20H26ClN3O2S/c1-20(2,3)12-6-7-13-14(9-12)27-17-15(13)16(22-19(21)23-17)24-8-4-5-11(10-24)18(25)26/h11-12H,4-10H2,1-3H3,(H,25,26). The SMILES string of the molecule is CC(C)(C)C1CCc2c(sc3nc(Cl)nc(N4CCCC(C(=O)O)C4)c23)C1. The summed E-state index contributed by atoms with van der Waals surface area (Å²) in [7, 11) is 0. The van der Waals surface area contributed by atoms with Gasteiger partial charge >= 0.3 is 5.97 Å². The summed E-state index contributed by atoms with van der Waals surface area (Å²) in [5.74, 6) is 0.428. The number of aryl methyl sites for hydroxylation is 1. The molecule has 2 aromatic rings. The summed E-state index contributed by atoms with van der Waals surface area (Å²) in [5, 5.41) is 10.8. The highest BCUT2D eigenvalue weighted by molar-refractivity contribution is 7.19. The zero-order valence-electron chi connectivity index (χ0n) is 16.1. The summed E-state index contributed by atoms with van der Waals surface area (Å²) in [6, 6.07) is 0. The van der Waals surface area contributed by atoms with E-state index in [0.717, 1.165) is 48.3 Å². The lowest BCUT2D eigenvalue weighted by Gasteiger charge is -2.34. The lowest BCUT2D eigenvalue weighted by Crippen LogP contribution is -2.39. The molecule has 0 bridgehead atoms. The first kappa shape index (κ1) is 18.9. The van der Waals surface area contributed by atoms with Crippen LogP contribution in [0.1, 0.15) is 50.5 Å². The minimum absolute atomic E-state index is 0.251. The summed E-state index contributed by atoms with van der Waals surface area (Å²) in [5.41, 5.74) is 1.65. The van der Waals surface area contributed by atoms with Crippen molar-refractivity contribution in [3.63, 3.8) is 0 Å². The van der Waals surface area contributed by atoms with Crippen molar-refractivity contribution in [1.29, 1.82) is 0 Å². The van der Waals surface area contributed by atoms with E-state index in [1.807, 2.05) is 0 Å². The molecule has 2 aliphatic rings. The second-order valence-corrected chi connectivity index (χ2v) is 10.4. The van der Waals surface area contributed by atoms with Crippen molar-refractivity contribution in [2.24, 2.45) is 17.3 Å². The number of hydrogen-bond donors (Lipinski definition) is 1. The number of aliphatic carboxylic acids is 1. The number of nitrogens with zero attached hydrogens (tertiary/aromatic N) is 3. The van der Waals surface area contributed by atoms with Crippen LogP contribution in [0.25, 0.3) is 10.2 Å². The molecule has 146 valence electrons. The predicted molar refractivity (Wildman–Crippen MR) is 110 cm³/mol. The molecule has 5 nitrogen and oxygen atoms in total. The van der Waals surface area contributed by atoms with E-state index in [0.29, 0.717) is 17.9 Å². The summed E-state index contributed by atoms with van der Waals surface area (Å²) < 4.78 is 0. The van der Waals surface area contributed by atoms with Crippen molar-refractivity contribution < 1.29 is 9.90 Å². The molecule has 27 heavy (non-hydrogen) atoms. The van der Waals surface area contributed by atoms with Crippen molar-refractivity contribution in [2.45, 2.75) is 52.9 Å². The maximum absolute atomic E-state index is 11.5. The van der Waals surface area contributed by atoms with E-state index in [1.165, 1.54) is 16.9 Å². The van der Waals surface area contributed by atoms with Crippen molar-refractivity contribution in [3.05, 3.63) is 15.7 Å². The molecule has 0 spiro atoms. The van der Waals surface area contributed by atoms with Crippen LogP contribution in [0, 0.1) is 17.3 Å². The number of rotatable bonds is 2. The first-order valence-electron chi connectivity index (χ1n) is 9.69. The Hall–Kier alpha value is -1.40. The van der Waals surface area contributed by atoms with Crippen LogP contribution < -0.4 is 4.90 Å². The zero-order valence-corrected chi connectivity index (χ0v) is 17.7. The number of carboxylic acid groups (broad SMARTS) is 1. The van der Waals surface area contributed by atoms with Gasteiger partial charge in [0.25, 0.3) is 0 Å². The van der Waals surface area contributed by atoms with Gasteiger partial charge in [-0.1, -0.05) is 20.8 Å². The van der Waals surface area contributed by atoms with E-state index in [4.69, 9.17) is 11.6 Å². The Morgan fingerprint density at radius 3 is 2.78 bits per heavy atom. The van der Waals surface area contributed by atoms with Gasteiger partial charge in [0.05, 0.1) is 11.3 Å². The number of halogens is 1. The molecule has 3 heterocycles. The lowest BCUT2D eigenvalue weighted by molar-refractivity contribution is -0.141. The van der Waals surface area contributed by atoms with E-state index < -0.39 is 5.97 Å². The third kappa shape index (κ3) is 3.54. The van der Waals surface area contributed by atoms with Crippen LogP contribution in [-0.4, -0.2) is 34.1 Å². The number of fused-ring (bicyclic) bond motifs is 3. The summed E-state index contributed by atoms with van der Waals surface area (Å²) in [6.07, 6.45) is 4.86. The molecular weight excluding hydrogens is 382 g/mol. The van der Waals surface area contributed by atoms with Crippen LogP contribution in [-0.2, 0) is 17.6 Å². The highest BCUT2D eigenvalue weighted by Gasteiger charge is 2.34. The van der Waals surface area contributed by atoms with Crippen LogP contribution >= 0.6 is 22.9 Å². The van der Waals surface area contributed by atoms with Gasteiger partial charge < -0.3 is 10.0 Å². The number of aromatic nitrogens is 2. The van der Waals surface area contributed by atoms with Gasteiger partial charge in [0.15, 0.2) is 0 Å². The van der Waals surface area contributed by atoms with Crippen LogP contribution in [0.5, 0.6) is 0 Å². The van der Waals surface area contributed by atoms with Crippen molar-refractivity contribution in [2.75, 3.05) is 18.0 Å². The molecule has 0 aromatic carbocycles. The average molecular weight is 408 g/mol. The van der Waals surface area contributed by atoms with Crippen molar-refractivity contribution in [1.82, 2.24) is 9.97 Å². The molecule has 1 aliphatic heterocycles. The molecule has 2 atom stereocenters. The molecule has 0 radical (unpaired) electrons. The normalized spacial score (nSPS) is 23.5. The van der Waals surface area contributed by atoms with E-state index in [2.05, 4.69) is 35.6 Å². The Bertz CT molecular complexity index is 889. The Morgan fingerprint density at radius 1 is 1.30 bits per heavy atom. The largest absolute Gasteiger partial charge is 0.481 e. The van der Waals surface area contributed by atoms with E-state index in [1.54, 1.807) is 11.3 Å². The van der Waals surface area contributed by atoms with E-state index >= 15 is 0 Å². The molecule has 1 N–H and O–H groups in total. The number of carboxylic acids is 1. The van der Waals surface area contributed by atoms with Crippen LogP contribution in [0.4, 0.5) is 5.82 Å². The highest BCUT2D eigenvalue weighted by atomic mass is 35.5. The molecule has 7 heteroatoms. The van der Waals surface area contributed by atoms with Gasteiger partial charge in [0, 0.05) is 18.0 Å². The monoisotopic (exact) mass is 407 g/mol. The smallest absolute Gasteiger partial charge is 0.308 e. The molecular formula is C20H26ClN3O2S. The van der Waals surface area contributed by atoms with Gasteiger partial charge in [-0.3, -0.25) is 4.79 Å². The molecule has 1 saturated heterocycles. The minimum atomic E-state index is -0.725. The van der Waals surface area contributed by atoms with Crippen LogP contribution in [0.2, 0.25) is 5.28 Å². The van der Waals surface area contributed by atoms with Gasteiger partial charge in [0.1, 0.15) is 10.6 Å². The van der Waals surface area contributed by atoms with E-state index in [9.17, 15) is 9.90 Å².